The summed E-state index contributed by atoms with van der Waals surface area (Å²) in [6.45, 7) is 9.77. The van der Waals surface area contributed by atoms with E-state index in [9.17, 15) is 8.42 Å². The number of benzene rings is 2. The number of rotatable bonds is 5. The molecule has 0 heterocycles. The van der Waals surface area contributed by atoms with E-state index in [2.05, 4.69) is 6.58 Å². The summed E-state index contributed by atoms with van der Waals surface area (Å²) in [5, 5.41) is 0. The van der Waals surface area contributed by atoms with Gasteiger partial charge in [-0.15, -0.1) is 6.58 Å². The van der Waals surface area contributed by atoms with Crippen molar-refractivity contribution in [1.29, 1.82) is 0 Å². The number of aryl methyl sites for hydroxylation is 3. The van der Waals surface area contributed by atoms with Crippen LogP contribution in [0, 0.1) is 20.8 Å². The summed E-state index contributed by atoms with van der Waals surface area (Å²) in [6, 6.07) is 12.6. The molecule has 0 aliphatic carbocycles. The van der Waals surface area contributed by atoms with Gasteiger partial charge in [-0.25, -0.2) is 8.42 Å². The average molecular weight is 315 g/mol. The Balaban J connectivity index is 2.55. The molecule has 0 saturated heterocycles. The lowest BCUT2D eigenvalue weighted by Gasteiger charge is -2.25. The zero-order chi connectivity index (χ0) is 16.3. The molecule has 0 atom stereocenters. The summed E-state index contributed by atoms with van der Waals surface area (Å²) in [5.74, 6) is 0. The molecule has 0 aliphatic rings. The molecule has 2 aromatic rings. The normalized spacial score (nSPS) is 11.2. The van der Waals surface area contributed by atoms with Crippen molar-refractivity contribution in [1.82, 2.24) is 0 Å². The molecule has 116 valence electrons. The van der Waals surface area contributed by atoms with E-state index in [1.54, 1.807) is 30.3 Å². The van der Waals surface area contributed by atoms with Crippen molar-refractivity contribution in [2.75, 3.05) is 10.8 Å². The molecule has 0 bridgehead atoms. The highest BCUT2D eigenvalue weighted by molar-refractivity contribution is 7.92. The van der Waals surface area contributed by atoms with Crippen molar-refractivity contribution in [3.63, 3.8) is 0 Å². The Kier molecular flexibility index (Phi) is 4.71. The molecule has 0 unspecified atom stereocenters. The zero-order valence-corrected chi connectivity index (χ0v) is 14.0. The van der Waals surface area contributed by atoms with Crippen molar-refractivity contribution in [3.8, 4) is 0 Å². The van der Waals surface area contributed by atoms with Crippen LogP contribution in [-0.2, 0) is 10.0 Å². The molecule has 3 nitrogen and oxygen atoms in total. The van der Waals surface area contributed by atoms with Gasteiger partial charge in [0.15, 0.2) is 0 Å². The highest BCUT2D eigenvalue weighted by atomic mass is 32.2. The second-order valence-corrected chi connectivity index (χ2v) is 7.29. The van der Waals surface area contributed by atoms with Gasteiger partial charge in [-0.2, -0.15) is 0 Å². The first-order valence-corrected chi connectivity index (χ1v) is 8.58. The predicted molar refractivity (Wildman–Crippen MR) is 91.8 cm³/mol. The van der Waals surface area contributed by atoms with Crippen LogP contribution in [0.3, 0.4) is 0 Å². The molecule has 0 radical (unpaired) electrons. The Morgan fingerprint density at radius 1 is 1.00 bits per heavy atom. The van der Waals surface area contributed by atoms with E-state index in [0.717, 1.165) is 16.7 Å². The highest BCUT2D eigenvalue weighted by Gasteiger charge is 2.24. The predicted octanol–water partition coefficient (Wildman–Crippen LogP) is 3.99. The van der Waals surface area contributed by atoms with E-state index in [1.807, 2.05) is 39.0 Å². The third-order valence-corrected chi connectivity index (χ3v) is 5.32. The van der Waals surface area contributed by atoms with Gasteiger partial charge in [-0.05, 0) is 44.5 Å². The van der Waals surface area contributed by atoms with Gasteiger partial charge in [0, 0.05) is 0 Å². The summed E-state index contributed by atoms with van der Waals surface area (Å²) in [7, 11) is -3.61. The molecule has 2 rings (SSSR count). The molecule has 0 amide bonds. The van der Waals surface area contributed by atoms with Crippen LogP contribution in [0.5, 0.6) is 0 Å². The Hall–Kier alpha value is -2.07. The third kappa shape index (κ3) is 3.22. The molecular formula is C18H21NO2S. The van der Waals surface area contributed by atoms with Crippen LogP contribution in [-0.4, -0.2) is 15.0 Å². The Morgan fingerprint density at radius 3 is 2.14 bits per heavy atom. The lowest BCUT2D eigenvalue weighted by molar-refractivity contribution is 0.592. The summed E-state index contributed by atoms with van der Waals surface area (Å²) in [6.07, 6.45) is 1.60. The number of nitrogens with zero attached hydrogens (tertiary/aromatic N) is 1. The van der Waals surface area contributed by atoms with Crippen LogP contribution in [0.1, 0.15) is 16.7 Å². The van der Waals surface area contributed by atoms with E-state index in [1.165, 1.54) is 4.31 Å². The smallest absolute Gasteiger partial charge is 0.262 e. The van der Waals surface area contributed by atoms with E-state index in [4.69, 9.17) is 0 Å². The van der Waals surface area contributed by atoms with Gasteiger partial charge >= 0.3 is 0 Å². The van der Waals surface area contributed by atoms with Crippen LogP contribution in [0.25, 0.3) is 0 Å². The standard InChI is InChI=1S/C18H21NO2S/c1-5-12-19(18-11-8-15(3)13-16(18)4)22(20,21)17-9-6-14(2)7-10-17/h5-11,13H,1,12H2,2-4H3. The van der Waals surface area contributed by atoms with Crippen LogP contribution in [0.15, 0.2) is 60.0 Å². The van der Waals surface area contributed by atoms with Crippen LogP contribution < -0.4 is 4.31 Å². The molecule has 2 aromatic carbocycles. The monoisotopic (exact) mass is 315 g/mol. The third-order valence-electron chi connectivity index (χ3n) is 3.52. The summed E-state index contributed by atoms with van der Waals surface area (Å²) >= 11 is 0. The maximum Gasteiger partial charge on any atom is 0.264 e. The minimum absolute atomic E-state index is 0.236. The topological polar surface area (TPSA) is 37.4 Å². The second kappa shape index (κ2) is 6.36. The first-order chi connectivity index (χ1) is 10.4. The van der Waals surface area contributed by atoms with Gasteiger partial charge in [0.1, 0.15) is 0 Å². The van der Waals surface area contributed by atoms with E-state index in [0.29, 0.717) is 10.6 Å². The molecule has 4 heteroatoms. The van der Waals surface area contributed by atoms with Crippen molar-refractivity contribution >= 4 is 15.7 Å². The van der Waals surface area contributed by atoms with Gasteiger partial charge < -0.3 is 0 Å². The van der Waals surface area contributed by atoms with E-state index in [-0.39, 0.29) is 6.54 Å². The molecule has 0 fully saturated rings. The summed E-state index contributed by atoms with van der Waals surface area (Å²) < 4.78 is 27.3. The molecule has 0 aliphatic heterocycles. The maximum absolute atomic E-state index is 12.9. The number of anilines is 1. The SMILES string of the molecule is C=CCN(c1ccc(C)cc1C)S(=O)(=O)c1ccc(C)cc1. The van der Waals surface area contributed by atoms with E-state index >= 15 is 0 Å². The first-order valence-electron chi connectivity index (χ1n) is 7.14. The lowest BCUT2D eigenvalue weighted by atomic mass is 10.1. The Labute approximate surface area is 133 Å². The number of hydrogen-bond acceptors (Lipinski definition) is 2. The first kappa shape index (κ1) is 16.3. The van der Waals surface area contributed by atoms with Crippen molar-refractivity contribution in [3.05, 3.63) is 71.8 Å². The van der Waals surface area contributed by atoms with Crippen molar-refractivity contribution in [2.24, 2.45) is 0 Å². The minimum atomic E-state index is -3.61. The minimum Gasteiger partial charge on any atom is -0.262 e. The summed E-state index contributed by atoms with van der Waals surface area (Å²) in [4.78, 5) is 0.292. The quantitative estimate of drug-likeness (QED) is 0.782. The van der Waals surface area contributed by atoms with Crippen molar-refractivity contribution < 1.29 is 8.42 Å². The van der Waals surface area contributed by atoms with E-state index < -0.39 is 10.0 Å². The molecular weight excluding hydrogens is 294 g/mol. The lowest BCUT2D eigenvalue weighted by Crippen LogP contribution is -2.31. The molecule has 0 spiro atoms. The van der Waals surface area contributed by atoms with Crippen LogP contribution >= 0.6 is 0 Å². The fourth-order valence-corrected chi connectivity index (χ4v) is 3.87. The second-order valence-electron chi connectivity index (χ2n) is 5.43. The van der Waals surface area contributed by atoms with Gasteiger partial charge in [-0.3, -0.25) is 4.31 Å². The summed E-state index contributed by atoms with van der Waals surface area (Å²) in [5.41, 5.74) is 3.75. The number of sulfonamides is 1. The molecule has 0 aromatic heterocycles. The largest absolute Gasteiger partial charge is 0.264 e. The molecule has 0 N–H and O–H groups in total. The molecule has 0 saturated carbocycles. The van der Waals surface area contributed by atoms with Crippen LogP contribution in [0.2, 0.25) is 0 Å². The van der Waals surface area contributed by atoms with Gasteiger partial charge in [-0.1, -0.05) is 41.5 Å². The van der Waals surface area contributed by atoms with Gasteiger partial charge in [0.25, 0.3) is 10.0 Å². The zero-order valence-electron chi connectivity index (χ0n) is 13.2. The molecule has 22 heavy (non-hydrogen) atoms. The highest BCUT2D eigenvalue weighted by Crippen LogP contribution is 2.27. The Morgan fingerprint density at radius 2 is 1.59 bits per heavy atom. The van der Waals surface area contributed by atoms with Crippen molar-refractivity contribution in [2.45, 2.75) is 25.7 Å². The fourth-order valence-electron chi connectivity index (χ4n) is 2.37. The van der Waals surface area contributed by atoms with Gasteiger partial charge in [0.2, 0.25) is 0 Å². The number of hydrogen-bond donors (Lipinski definition) is 0. The Bertz CT molecular complexity index is 777. The fraction of sp³-hybridized carbons (Fsp3) is 0.222. The van der Waals surface area contributed by atoms with Crippen LogP contribution in [0.4, 0.5) is 5.69 Å². The van der Waals surface area contributed by atoms with Gasteiger partial charge in [0.05, 0.1) is 17.1 Å². The maximum atomic E-state index is 12.9. The average Bonchev–Trinajstić information content (AvgIpc) is 2.46.